The lowest BCUT2D eigenvalue weighted by molar-refractivity contribution is 0.244. The van der Waals surface area contributed by atoms with Gasteiger partial charge in [-0.3, -0.25) is 15.1 Å². The second kappa shape index (κ2) is 7.92. The van der Waals surface area contributed by atoms with Crippen LogP contribution in [-0.4, -0.2) is 46.9 Å². The quantitative estimate of drug-likeness (QED) is 0.362. The van der Waals surface area contributed by atoms with Gasteiger partial charge in [-0.1, -0.05) is 18.2 Å². The van der Waals surface area contributed by atoms with Crippen molar-refractivity contribution < 1.29 is 0 Å². The molecule has 1 aliphatic heterocycles. The third-order valence-electron chi connectivity index (χ3n) is 5.27. The first kappa shape index (κ1) is 18.9. The number of hydrogen-bond acceptors (Lipinski definition) is 6. The lowest BCUT2D eigenvalue weighted by Crippen LogP contribution is -2.46. The van der Waals surface area contributed by atoms with Crippen LogP contribution in [-0.2, 0) is 6.54 Å². The van der Waals surface area contributed by atoms with Crippen LogP contribution in [0.1, 0.15) is 17.0 Å². The number of hydrogen-bond donors (Lipinski definition) is 3. The van der Waals surface area contributed by atoms with Gasteiger partial charge in [0.2, 0.25) is 0 Å². The molecule has 0 aliphatic carbocycles. The van der Waals surface area contributed by atoms with E-state index >= 15 is 0 Å². The molecule has 2 heterocycles. The normalized spacial score (nSPS) is 14.9. The average molecular weight is 389 g/mol. The topological polar surface area (TPSA) is 112 Å². The zero-order valence-electron chi connectivity index (χ0n) is 16.3. The predicted molar refractivity (Wildman–Crippen MR) is 113 cm³/mol. The molecule has 1 aromatic heterocycles. The van der Waals surface area contributed by atoms with E-state index in [-0.39, 0.29) is 11.4 Å². The molecule has 0 unspecified atom stereocenters. The number of benzene rings is 2. The van der Waals surface area contributed by atoms with Crippen molar-refractivity contribution >= 4 is 22.4 Å². The smallest absolute Gasteiger partial charge is 0.258 e. The minimum atomic E-state index is -0.105. The van der Waals surface area contributed by atoms with Crippen molar-refractivity contribution in [1.82, 2.24) is 14.9 Å². The number of aryl methyl sites for hydroxylation is 1. The number of amidine groups is 1. The van der Waals surface area contributed by atoms with Gasteiger partial charge < -0.3 is 9.88 Å². The molecule has 1 saturated heterocycles. The number of piperazine rings is 1. The van der Waals surface area contributed by atoms with E-state index in [4.69, 9.17) is 10.9 Å². The highest BCUT2D eigenvalue weighted by molar-refractivity contribution is 6.01. The summed E-state index contributed by atoms with van der Waals surface area (Å²) in [5, 5.41) is 11.9. The van der Waals surface area contributed by atoms with Gasteiger partial charge in [0.05, 0.1) is 17.4 Å². The zero-order valence-corrected chi connectivity index (χ0v) is 16.3. The highest BCUT2D eigenvalue weighted by Gasteiger charge is 2.21. The van der Waals surface area contributed by atoms with E-state index in [2.05, 4.69) is 24.9 Å². The Balaban J connectivity index is 1.48. The first-order valence-electron chi connectivity index (χ1n) is 9.57. The Morgan fingerprint density at radius 3 is 2.69 bits per heavy atom. The van der Waals surface area contributed by atoms with Crippen molar-refractivity contribution in [2.75, 3.05) is 31.1 Å². The maximum atomic E-state index is 12.3. The summed E-state index contributed by atoms with van der Waals surface area (Å²) < 4.78 is 0. The zero-order chi connectivity index (χ0) is 20.4. The Morgan fingerprint density at radius 1 is 1.17 bits per heavy atom. The van der Waals surface area contributed by atoms with Gasteiger partial charge >= 0.3 is 0 Å². The molecule has 29 heavy (non-hydrogen) atoms. The summed E-state index contributed by atoms with van der Waals surface area (Å²) in [4.78, 5) is 24.3. The molecule has 0 amide bonds. The van der Waals surface area contributed by atoms with Gasteiger partial charge in [0, 0.05) is 37.4 Å². The summed E-state index contributed by atoms with van der Waals surface area (Å²) in [5.74, 6) is 0.647. The van der Waals surface area contributed by atoms with Crippen molar-refractivity contribution in [1.29, 1.82) is 10.9 Å². The van der Waals surface area contributed by atoms with Gasteiger partial charge in [0.1, 0.15) is 5.82 Å². The van der Waals surface area contributed by atoms with Gasteiger partial charge in [-0.15, -0.1) is 5.11 Å². The molecule has 0 atom stereocenters. The first-order valence-corrected chi connectivity index (χ1v) is 9.57. The molecule has 8 heteroatoms. The second-order valence-corrected chi connectivity index (χ2v) is 7.27. The molecule has 2 aromatic carbocycles. The van der Waals surface area contributed by atoms with Crippen LogP contribution in [0.25, 0.3) is 10.9 Å². The van der Waals surface area contributed by atoms with E-state index in [1.807, 2.05) is 43.3 Å². The number of rotatable bonds is 4. The van der Waals surface area contributed by atoms with Crippen LogP contribution in [0.15, 0.2) is 52.4 Å². The second-order valence-electron chi connectivity index (χ2n) is 7.27. The summed E-state index contributed by atoms with van der Waals surface area (Å²) in [7, 11) is 0. The summed E-state index contributed by atoms with van der Waals surface area (Å²) >= 11 is 0. The third-order valence-corrected chi connectivity index (χ3v) is 5.27. The standard InChI is InChI=1S/C21H23N7O/c1-14-6-7-16(20(22)26-23)18(12-14)28-10-8-27(9-11-28)13-19-24-17-5-3-2-4-15(17)21(29)25-19/h2-7,12,22-23H,8-11,13H2,1H3,(H,24,25,29). The highest BCUT2D eigenvalue weighted by Crippen LogP contribution is 2.25. The van der Waals surface area contributed by atoms with Gasteiger partial charge in [-0.2, -0.15) is 0 Å². The lowest BCUT2D eigenvalue weighted by atomic mass is 10.1. The Morgan fingerprint density at radius 2 is 1.93 bits per heavy atom. The van der Waals surface area contributed by atoms with E-state index in [0.29, 0.717) is 28.8 Å². The summed E-state index contributed by atoms with van der Waals surface area (Å²) in [6, 6.07) is 13.2. The Labute approximate surface area is 168 Å². The van der Waals surface area contributed by atoms with Crippen molar-refractivity contribution in [2.24, 2.45) is 5.11 Å². The number of nitrogens with one attached hydrogen (secondary N) is 3. The van der Waals surface area contributed by atoms with Crippen molar-refractivity contribution in [3.8, 4) is 0 Å². The Hall–Kier alpha value is -3.39. The van der Waals surface area contributed by atoms with E-state index in [9.17, 15) is 4.79 Å². The van der Waals surface area contributed by atoms with Crippen molar-refractivity contribution in [2.45, 2.75) is 13.5 Å². The number of para-hydroxylation sites is 1. The minimum absolute atomic E-state index is 0.0274. The fourth-order valence-corrected chi connectivity index (χ4v) is 3.73. The summed E-state index contributed by atoms with van der Waals surface area (Å²) in [6.07, 6.45) is 0. The number of H-pyrrole nitrogens is 1. The number of nitrogens with zero attached hydrogens (tertiary/aromatic N) is 4. The molecule has 1 fully saturated rings. The van der Waals surface area contributed by atoms with Crippen LogP contribution in [0, 0.1) is 17.9 Å². The van der Waals surface area contributed by atoms with Crippen LogP contribution in [0.5, 0.6) is 0 Å². The molecule has 1 aliphatic rings. The van der Waals surface area contributed by atoms with Gasteiger partial charge in [-0.25, -0.2) is 10.5 Å². The molecule has 8 nitrogen and oxygen atoms in total. The van der Waals surface area contributed by atoms with E-state index in [1.54, 1.807) is 6.07 Å². The number of aromatic nitrogens is 2. The van der Waals surface area contributed by atoms with Crippen LogP contribution in [0.2, 0.25) is 0 Å². The first-order chi connectivity index (χ1) is 14.0. The number of anilines is 1. The third kappa shape index (κ3) is 3.93. The summed E-state index contributed by atoms with van der Waals surface area (Å²) in [6.45, 7) is 5.82. The fourth-order valence-electron chi connectivity index (χ4n) is 3.73. The maximum absolute atomic E-state index is 12.3. The van der Waals surface area contributed by atoms with Crippen molar-refractivity contribution in [3.63, 3.8) is 0 Å². The van der Waals surface area contributed by atoms with Gasteiger partial charge in [0.25, 0.3) is 5.56 Å². The highest BCUT2D eigenvalue weighted by atomic mass is 16.1. The predicted octanol–water partition coefficient (Wildman–Crippen LogP) is 2.91. The lowest BCUT2D eigenvalue weighted by Gasteiger charge is -2.36. The molecular weight excluding hydrogens is 366 g/mol. The number of fused-ring (bicyclic) bond motifs is 1. The van der Waals surface area contributed by atoms with Gasteiger partial charge in [-0.05, 0) is 36.8 Å². The van der Waals surface area contributed by atoms with E-state index in [0.717, 1.165) is 37.4 Å². The molecule has 0 bridgehead atoms. The van der Waals surface area contributed by atoms with E-state index < -0.39 is 0 Å². The minimum Gasteiger partial charge on any atom is -0.368 e. The molecular formula is C21H23N7O. The largest absolute Gasteiger partial charge is 0.368 e. The molecule has 3 aromatic rings. The van der Waals surface area contributed by atoms with Crippen LogP contribution in [0.3, 0.4) is 0 Å². The molecule has 0 spiro atoms. The maximum Gasteiger partial charge on any atom is 0.258 e. The van der Waals surface area contributed by atoms with E-state index in [1.165, 1.54) is 0 Å². The molecule has 0 radical (unpaired) electrons. The molecule has 148 valence electrons. The average Bonchev–Trinajstić information content (AvgIpc) is 2.74. The van der Waals surface area contributed by atoms with Crippen LogP contribution < -0.4 is 10.5 Å². The fraction of sp³-hybridized carbons (Fsp3) is 0.286. The summed E-state index contributed by atoms with van der Waals surface area (Å²) in [5.41, 5.74) is 10.5. The molecule has 0 saturated carbocycles. The Kier molecular flexibility index (Phi) is 5.18. The Bertz CT molecular complexity index is 1130. The molecule has 3 N–H and O–H groups in total. The SMILES string of the molecule is Cc1ccc(C(=N)N=N)c(N2CCN(Cc3nc4ccccc4c(=O)[nH]3)CC2)c1. The van der Waals surface area contributed by atoms with Crippen LogP contribution in [0.4, 0.5) is 5.69 Å². The van der Waals surface area contributed by atoms with Crippen molar-refractivity contribution in [3.05, 3.63) is 69.8 Å². The molecule has 4 rings (SSSR count). The van der Waals surface area contributed by atoms with Gasteiger partial charge in [0.15, 0.2) is 5.84 Å². The van der Waals surface area contributed by atoms with Crippen LogP contribution >= 0.6 is 0 Å². The monoisotopic (exact) mass is 389 g/mol. The number of aromatic amines is 1.